The summed E-state index contributed by atoms with van der Waals surface area (Å²) >= 11 is 0. The van der Waals surface area contributed by atoms with Crippen molar-refractivity contribution < 1.29 is 61.2 Å². The monoisotopic (exact) mass is 753 g/mol. The predicted molar refractivity (Wildman–Crippen MR) is 182 cm³/mol. The Kier molecular flexibility index (Phi) is 13.6. The van der Waals surface area contributed by atoms with Crippen molar-refractivity contribution in [2.75, 3.05) is 26.3 Å². The number of carbonyl (C=O) groups excluding carboxylic acids is 4. The molecule has 1 saturated carbocycles. The van der Waals surface area contributed by atoms with Crippen molar-refractivity contribution in [2.24, 2.45) is 5.41 Å². The van der Waals surface area contributed by atoms with E-state index in [1.54, 1.807) is 24.3 Å². The van der Waals surface area contributed by atoms with Crippen molar-refractivity contribution in [3.63, 3.8) is 0 Å². The summed E-state index contributed by atoms with van der Waals surface area (Å²) in [7, 11) is 0. The highest BCUT2D eigenvalue weighted by Gasteiger charge is 2.76. The quantitative estimate of drug-likeness (QED) is 0.107. The van der Waals surface area contributed by atoms with E-state index in [1.165, 1.54) is 11.1 Å². The van der Waals surface area contributed by atoms with Crippen molar-refractivity contribution in [1.29, 1.82) is 0 Å². The van der Waals surface area contributed by atoms with Crippen LogP contribution < -0.4 is 10.6 Å². The number of halogens is 3. The molecular formula is C37H50F3N3O10. The molecule has 3 N–H and O–H groups in total. The first kappa shape index (κ1) is 40.6. The summed E-state index contributed by atoms with van der Waals surface area (Å²) in [4.78, 5) is 59.1. The molecule has 6 atom stereocenters. The van der Waals surface area contributed by atoms with Crippen molar-refractivity contribution in [1.82, 2.24) is 15.7 Å². The van der Waals surface area contributed by atoms with Crippen LogP contribution in [0.5, 0.6) is 0 Å². The topological polar surface area (TPSA) is 162 Å². The molecule has 3 heterocycles. The van der Waals surface area contributed by atoms with E-state index in [0.29, 0.717) is 24.0 Å². The van der Waals surface area contributed by atoms with Crippen LogP contribution in [0.1, 0.15) is 89.2 Å². The molecule has 16 heteroatoms. The number of hydroxylamine groups is 2. The zero-order chi connectivity index (χ0) is 38.2. The van der Waals surface area contributed by atoms with Crippen LogP contribution in [0, 0.1) is 5.41 Å². The van der Waals surface area contributed by atoms with E-state index >= 15 is 0 Å². The molecular weight excluding hydrogens is 703 g/mol. The van der Waals surface area contributed by atoms with Gasteiger partial charge in [0.25, 0.3) is 0 Å². The fourth-order valence-corrected chi connectivity index (χ4v) is 7.78. The summed E-state index contributed by atoms with van der Waals surface area (Å²) in [5.74, 6) is -3.62. The Morgan fingerprint density at radius 1 is 1.04 bits per heavy atom. The fourth-order valence-electron chi connectivity index (χ4n) is 7.78. The lowest BCUT2D eigenvalue weighted by Gasteiger charge is -2.48. The number of hydrogen-bond acceptors (Lipinski definition) is 11. The molecule has 0 radical (unpaired) electrons. The number of aliphatic hydroxyl groups excluding tert-OH is 1. The Balaban J connectivity index is 1.42. The van der Waals surface area contributed by atoms with E-state index in [-0.39, 0.29) is 45.0 Å². The van der Waals surface area contributed by atoms with Gasteiger partial charge in [0.15, 0.2) is 18.4 Å². The van der Waals surface area contributed by atoms with Crippen LogP contribution in [0.3, 0.4) is 0 Å². The maximum absolute atomic E-state index is 14.4. The van der Waals surface area contributed by atoms with Crippen LogP contribution >= 0.6 is 0 Å². The van der Waals surface area contributed by atoms with Crippen molar-refractivity contribution >= 4 is 29.8 Å². The van der Waals surface area contributed by atoms with E-state index in [9.17, 15) is 32.3 Å². The number of unbranched alkanes of at least 4 members (excludes halogenated alkanes) is 4. The van der Waals surface area contributed by atoms with Gasteiger partial charge in [0.1, 0.15) is 29.8 Å². The number of alkyl halides is 3. The van der Waals surface area contributed by atoms with E-state index in [0.717, 1.165) is 44.6 Å². The number of benzene rings is 1. The van der Waals surface area contributed by atoms with Gasteiger partial charge >= 0.3 is 18.1 Å². The van der Waals surface area contributed by atoms with Gasteiger partial charge in [-0.3, -0.25) is 19.2 Å². The summed E-state index contributed by atoms with van der Waals surface area (Å²) in [5.41, 5.74) is -0.388. The number of esters is 2. The van der Waals surface area contributed by atoms with Gasteiger partial charge < -0.3 is 34.7 Å². The molecule has 5 rings (SSSR count). The Morgan fingerprint density at radius 2 is 1.75 bits per heavy atom. The number of ether oxygens (including phenoxy) is 4. The van der Waals surface area contributed by atoms with Gasteiger partial charge in [0.2, 0.25) is 11.8 Å². The van der Waals surface area contributed by atoms with Crippen molar-refractivity contribution in [3.8, 4) is 0 Å². The summed E-state index contributed by atoms with van der Waals surface area (Å²) in [5, 5.41) is 15.9. The van der Waals surface area contributed by atoms with Crippen LogP contribution in [-0.4, -0.2) is 103 Å². The minimum absolute atomic E-state index is 0.00385. The highest BCUT2D eigenvalue weighted by molar-refractivity contribution is 5.94. The summed E-state index contributed by atoms with van der Waals surface area (Å²) in [6.45, 7) is 2.34. The SMILES string of the molecule is CCCCCC1(CCCCC)O[C@@H]2[C@H](O1)[C@H]1ON(Cc3cccc(C=CC(=O)OCC(F)(F)F)c3)[C@@H]3C(=O)O[C@@H]2C[C@]13C(=O)NCCC(=O)NCCO. The van der Waals surface area contributed by atoms with Crippen LogP contribution in [0.25, 0.3) is 6.08 Å². The lowest BCUT2D eigenvalue weighted by Crippen LogP contribution is -2.69. The van der Waals surface area contributed by atoms with Crippen LogP contribution in [0.2, 0.25) is 0 Å². The number of carbonyl (C=O) groups is 4. The molecule has 2 amide bonds. The van der Waals surface area contributed by atoms with Gasteiger partial charge in [-0.2, -0.15) is 18.2 Å². The van der Waals surface area contributed by atoms with Gasteiger partial charge in [0, 0.05) is 44.8 Å². The molecule has 3 aliphatic heterocycles. The third-order valence-electron chi connectivity index (χ3n) is 10.1. The first-order chi connectivity index (χ1) is 25.3. The van der Waals surface area contributed by atoms with Crippen LogP contribution in [0.15, 0.2) is 30.3 Å². The normalized spacial score (nSPS) is 27.4. The number of hydrogen-bond donors (Lipinski definition) is 3. The van der Waals surface area contributed by atoms with Crippen molar-refractivity contribution in [2.45, 2.75) is 127 Å². The first-order valence-corrected chi connectivity index (χ1v) is 18.5. The average molecular weight is 754 g/mol. The van der Waals surface area contributed by atoms with Crippen molar-refractivity contribution in [3.05, 3.63) is 41.5 Å². The molecule has 4 aliphatic rings. The zero-order valence-corrected chi connectivity index (χ0v) is 30.2. The zero-order valence-electron chi connectivity index (χ0n) is 30.2. The first-order valence-electron chi connectivity index (χ1n) is 18.5. The number of aliphatic hydroxyl groups is 1. The van der Waals surface area contributed by atoms with E-state index < -0.39 is 72.3 Å². The van der Waals surface area contributed by atoms with Gasteiger partial charge in [0.05, 0.1) is 13.2 Å². The third-order valence-corrected chi connectivity index (χ3v) is 10.1. The number of nitrogens with one attached hydrogen (secondary N) is 2. The Labute approximate surface area is 306 Å². The average Bonchev–Trinajstić information content (AvgIpc) is 3.67. The Hall–Kier alpha value is -3.57. The minimum Gasteiger partial charge on any atom is -0.458 e. The molecule has 1 aromatic carbocycles. The predicted octanol–water partition coefficient (Wildman–Crippen LogP) is 3.86. The largest absolute Gasteiger partial charge is 0.458 e. The second-order valence-electron chi connectivity index (χ2n) is 14.1. The van der Waals surface area contributed by atoms with Gasteiger partial charge in [-0.25, -0.2) is 4.79 Å². The summed E-state index contributed by atoms with van der Waals surface area (Å²) in [6.07, 6.45) is 1.37. The molecule has 13 nitrogen and oxygen atoms in total. The van der Waals surface area contributed by atoms with Crippen LogP contribution in [-0.2, 0) is 49.5 Å². The molecule has 53 heavy (non-hydrogen) atoms. The molecule has 1 aliphatic carbocycles. The van der Waals surface area contributed by atoms with E-state index in [1.807, 2.05) is 0 Å². The summed E-state index contributed by atoms with van der Waals surface area (Å²) < 4.78 is 61.3. The number of nitrogens with zero attached hydrogens (tertiary/aromatic N) is 1. The maximum Gasteiger partial charge on any atom is 0.422 e. The second kappa shape index (κ2) is 17.7. The second-order valence-corrected chi connectivity index (χ2v) is 14.1. The highest BCUT2D eigenvalue weighted by atomic mass is 19.4. The van der Waals surface area contributed by atoms with Crippen LogP contribution in [0.4, 0.5) is 13.2 Å². The molecule has 0 aromatic heterocycles. The molecule has 294 valence electrons. The number of fused-ring (bicyclic) bond motifs is 4. The number of amides is 2. The standard InChI is InChI=1S/C37H50F3N3O10/c1-3-5-7-15-35(16-8-6-4-2)51-29-26-21-36(34(48)42-17-14-27(45)41-18-19-44)31(33(47)50-26)43(53-32(36)30(29)52-35)22-25-11-9-10-24(20-25)12-13-28(46)49-23-37(38,39)40/h9-13,20,26,29-32,44H,3-8,14-19,21-23H2,1-2H3,(H,41,45)(H,42,48)/t26-,29+,30+,31-,32-,36-/m1/s1. The lowest BCUT2D eigenvalue weighted by atomic mass is 9.62. The highest BCUT2D eigenvalue weighted by Crippen LogP contribution is 2.58. The van der Waals surface area contributed by atoms with Gasteiger partial charge in [-0.1, -0.05) is 63.8 Å². The van der Waals surface area contributed by atoms with E-state index in [2.05, 4.69) is 29.2 Å². The minimum atomic E-state index is -4.65. The molecule has 1 aromatic rings. The molecule has 0 unspecified atom stereocenters. The molecule has 2 bridgehead atoms. The van der Waals surface area contributed by atoms with Gasteiger partial charge in [-0.05, 0) is 30.0 Å². The maximum atomic E-state index is 14.4. The smallest absolute Gasteiger partial charge is 0.422 e. The number of rotatable bonds is 19. The van der Waals surface area contributed by atoms with Gasteiger partial charge in [-0.15, -0.1) is 0 Å². The Morgan fingerprint density at radius 3 is 2.43 bits per heavy atom. The van der Waals surface area contributed by atoms with E-state index in [4.69, 9.17) is 24.2 Å². The Bertz CT molecular complexity index is 1480. The lowest BCUT2D eigenvalue weighted by molar-refractivity contribution is -0.224. The summed E-state index contributed by atoms with van der Waals surface area (Å²) in [6, 6.07) is 5.52. The fraction of sp³-hybridized carbons (Fsp3) is 0.676. The molecule has 3 saturated heterocycles. The molecule has 4 fully saturated rings. The molecule has 0 spiro atoms. The third kappa shape index (κ3) is 9.57.